The van der Waals surface area contributed by atoms with Gasteiger partial charge in [0.05, 0.1) is 6.54 Å². The lowest BCUT2D eigenvalue weighted by Gasteiger charge is -2.05. The third-order valence-corrected chi connectivity index (χ3v) is 2.75. The zero-order chi connectivity index (χ0) is 13.8. The van der Waals surface area contributed by atoms with Gasteiger partial charge in [-0.25, -0.2) is 0 Å². The van der Waals surface area contributed by atoms with Crippen molar-refractivity contribution in [3.05, 3.63) is 35.2 Å². The Bertz CT molecular complexity index is 568. The summed E-state index contributed by atoms with van der Waals surface area (Å²) in [6.07, 6.45) is 0. The first-order valence-corrected chi connectivity index (χ1v) is 5.99. The molecular formula is C12H12ClN3O3. The topological polar surface area (TPSA) is 88.3 Å². The van der Waals surface area contributed by atoms with Gasteiger partial charge in [0.2, 0.25) is 11.7 Å². The smallest absolute Gasteiger partial charge is 0.320 e. The van der Waals surface area contributed by atoms with E-state index in [-0.39, 0.29) is 6.54 Å². The number of aromatic nitrogens is 2. The van der Waals surface area contributed by atoms with E-state index in [4.69, 9.17) is 21.2 Å². The van der Waals surface area contributed by atoms with Crippen LogP contribution in [0.1, 0.15) is 12.8 Å². The molecule has 100 valence electrons. The number of carbonyl (C=O) groups is 1. The summed E-state index contributed by atoms with van der Waals surface area (Å²) in [5.41, 5.74) is 0.783. The Morgan fingerprint density at radius 3 is 2.79 bits per heavy atom. The highest BCUT2D eigenvalue weighted by Gasteiger charge is 2.13. The Balaban J connectivity index is 2.03. The molecule has 1 unspecified atom stereocenters. The summed E-state index contributed by atoms with van der Waals surface area (Å²) in [5, 5.41) is 15.9. The van der Waals surface area contributed by atoms with E-state index in [1.807, 2.05) is 0 Å². The molecule has 1 atom stereocenters. The number of rotatable bonds is 5. The van der Waals surface area contributed by atoms with E-state index in [2.05, 4.69) is 15.5 Å². The van der Waals surface area contributed by atoms with Crippen LogP contribution in [0.25, 0.3) is 11.4 Å². The third kappa shape index (κ3) is 3.52. The number of hydrogen-bond donors (Lipinski definition) is 2. The average molecular weight is 282 g/mol. The molecule has 0 radical (unpaired) electrons. The van der Waals surface area contributed by atoms with Crippen LogP contribution in [0.15, 0.2) is 28.8 Å². The van der Waals surface area contributed by atoms with Crippen LogP contribution in [-0.2, 0) is 11.3 Å². The minimum atomic E-state index is -0.933. The minimum Gasteiger partial charge on any atom is -0.480 e. The molecule has 2 N–H and O–H groups in total. The average Bonchev–Trinajstić information content (AvgIpc) is 2.85. The zero-order valence-corrected chi connectivity index (χ0v) is 10.9. The number of hydrogen-bond acceptors (Lipinski definition) is 5. The SMILES string of the molecule is CC(NCc1nc(-c2ccc(Cl)cc2)no1)C(=O)O. The van der Waals surface area contributed by atoms with Gasteiger partial charge in [0.15, 0.2) is 0 Å². The molecular weight excluding hydrogens is 270 g/mol. The molecule has 1 aromatic carbocycles. The molecule has 2 aromatic rings. The molecule has 0 saturated heterocycles. The largest absolute Gasteiger partial charge is 0.480 e. The van der Waals surface area contributed by atoms with Crippen molar-refractivity contribution in [2.45, 2.75) is 19.5 Å². The van der Waals surface area contributed by atoms with Crippen molar-refractivity contribution in [2.24, 2.45) is 0 Å². The normalized spacial score (nSPS) is 12.3. The minimum absolute atomic E-state index is 0.202. The summed E-state index contributed by atoms with van der Waals surface area (Å²) in [6.45, 7) is 1.74. The molecule has 0 aliphatic heterocycles. The Morgan fingerprint density at radius 2 is 2.16 bits per heavy atom. The van der Waals surface area contributed by atoms with Gasteiger partial charge in [0.25, 0.3) is 0 Å². The van der Waals surface area contributed by atoms with Crippen LogP contribution >= 0.6 is 11.6 Å². The maximum Gasteiger partial charge on any atom is 0.320 e. The quantitative estimate of drug-likeness (QED) is 0.871. The number of carboxylic acid groups (broad SMARTS) is 1. The summed E-state index contributed by atoms with van der Waals surface area (Å²) in [4.78, 5) is 14.8. The number of carboxylic acids is 1. The van der Waals surface area contributed by atoms with E-state index in [0.29, 0.717) is 16.7 Å². The second-order valence-corrected chi connectivity index (χ2v) is 4.40. The molecule has 0 amide bonds. The molecule has 1 aromatic heterocycles. The second kappa shape index (κ2) is 5.81. The van der Waals surface area contributed by atoms with Gasteiger partial charge in [-0.1, -0.05) is 16.8 Å². The van der Waals surface area contributed by atoms with Crippen LogP contribution in [0, 0.1) is 0 Å². The fraction of sp³-hybridized carbons (Fsp3) is 0.250. The van der Waals surface area contributed by atoms with Gasteiger partial charge in [-0.05, 0) is 31.2 Å². The van der Waals surface area contributed by atoms with Crippen molar-refractivity contribution >= 4 is 17.6 Å². The van der Waals surface area contributed by atoms with Crippen LogP contribution in [-0.4, -0.2) is 27.3 Å². The predicted molar refractivity (Wildman–Crippen MR) is 68.7 cm³/mol. The van der Waals surface area contributed by atoms with Gasteiger partial charge in [0, 0.05) is 10.6 Å². The molecule has 0 saturated carbocycles. The van der Waals surface area contributed by atoms with Crippen molar-refractivity contribution in [1.29, 1.82) is 0 Å². The van der Waals surface area contributed by atoms with E-state index in [0.717, 1.165) is 5.56 Å². The van der Waals surface area contributed by atoms with Crippen LogP contribution in [0.3, 0.4) is 0 Å². The van der Waals surface area contributed by atoms with Crippen LogP contribution in [0.5, 0.6) is 0 Å². The summed E-state index contributed by atoms with van der Waals surface area (Å²) in [6, 6.07) is 6.36. The highest BCUT2D eigenvalue weighted by Crippen LogP contribution is 2.18. The van der Waals surface area contributed by atoms with Gasteiger partial charge in [-0.15, -0.1) is 0 Å². The first-order valence-electron chi connectivity index (χ1n) is 5.61. The van der Waals surface area contributed by atoms with Gasteiger partial charge < -0.3 is 9.63 Å². The van der Waals surface area contributed by atoms with E-state index >= 15 is 0 Å². The Hall–Kier alpha value is -1.92. The van der Waals surface area contributed by atoms with E-state index < -0.39 is 12.0 Å². The Kier molecular flexibility index (Phi) is 4.13. The van der Waals surface area contributed by atoms with Crippen molar-refractivity contribution < 1.29 is 14.4 Å². The third-order valence-electron chi connectivity index (χ3n) is 2.50. The number of aliphatic carboxylic acids is 1. The monoisotopic (exact) mass is 281 g/mol. The van der Waals surface area contributed by atoms with Gasteiger partial charge in [-0.2, -0.15) is 4.98 Å². The highest BCUT2D eigenvalue weighted by atomic mass is 35.5. The maximum atomic E-state index is 10.6. The summed E-state index contributed by atoms with van der Waals surface area (Å²) < 4.78 is 5.03. The molecule has 2 rings (SSSR count). The van der Waals surface area contributed by atoms with Crippen LogP contribution in [0.2, 0.25) is 5.02 Å². The van der Waals surface area contributed by atoms with Crippen molar-refractivity contribution in [2.75, 3.05) is 0 Å². The van der Waals surface area contributed by atoms with E-state index in [1.54, 1.807) is 31.2 Å². The second-order valence-electron chi connectivity index (χ2n) is 3.96. The standard InChI is InChI=1S/C12H12ClN3O3/c1-7(12(17)18)14-6-10-15-11(16-19-10)8-2-4-9(13)5-3-8/h2-5,7,14H,6H2,1H3,(H,17,18). The first kappa shape index (κ1) is 13.5. The molecule has 0 spiro atoms. The molecule has 0 bridgehead atoms. The zero-order valence-electron chi connectivity index (χ0n) is 10.1. The fourth-order valence-electron chi connectivity index (χ4n) is 1.37. The number of nitrogens with one attached hydrogen (secondary N) is 1. The lowest BCUT2D eigenvalue weighted by molar-refractivity contribution is -0.139. The predicted octanol–water partition coefficient (Wildman–Crippen LogP) is 1.95. The summed E-state index contributed by atoms with van der Waals surface area (Å²) in [7, 11) is 0. The highest BCUT2D eigenvalue weighted by molar-refractivity contribution is 6.30. The summed E-state index contributed by atoms with van der Waals surface area (Å²) >= 11 is 5.79. The van der Waals surface area contributed by atoms with Crippen molar-refractivity contribution in [1.82, 2.24) is 15.5 Å². The van der Waals surface area contributed by atoms with Crippen molar-refractivity contribution in [3.63, 3.8) is 0 Å². The van der Waals surface area contributed by atoms with E-state index in [9.17, 15) is 4.79 Å². The summed E-state index contributed by atoms with van der Waals surface area (Å²) in [5.74, 6) is -0.160. The molecule has 7 heteroatoms. The number of nitrogens with zero attached hydrogens (tertiary/aromatic N) is 2. The molecule has 0 aliphatic rings. The molecule has 6 nitrogen and oxygen atoms in total. The first-order chi connectivity index (χ1) is 9.06. The van der Waals surface area contributed by atoms with E-state index in [1.165, 1.54) is 0 Å². The van der Waals surface area contributed by atoms with Crippen LogP contribution < -0.4 is 5.32 Å². The molecule has 0 aliphatic carbocycles. The van der Waals surface area contributed by atoms with Crippen molar-refractivity contribution in [3.8, 4) is 11.4 Å². The van der Waals surface area contributed by atoms with Gasteiger partial charge in [-0.3, -0.25) is 10.1 Å². The number of halogens is 1. The lowest BCUT2D eigenvalue weighted by Crippen LogP contribution is -2.33. The number of benzene rings is 1. The lowest BCUT2D eigenvalue weighted by atomic mass is 10.2. The van der Waals surface area contributed by atoms with Gasteiger partial charge >= 0.3 is 5.97 Å². The molecule has 1 heterocycles. The molecule has 0 fully saturated rings. The van der Waals surface area contributed by atoms with Gasteiger partial charge in [0.1, 0.15) is 6.04 Å². The Labute approximate surface area is 114 Å². The fourth-order valence-corrected chi connectivity index (χ4v) is 1.50. The van der Waals surface area contributed by atoms with Crippen LogP contribution in [0.4, 0.5) is 0 Å². The Morgan fingerprint density at radius 1 is 1.47 bits per heavy atom. The maximum absolute atomic E-state index is 10.6. The molecule has 19 heavy (non-hydrogen) atoms.